The number of aromatic nitrogens is 2. The maximum absolute atomic E-state index is 15.1. The van der Waals surface area contributed by atoms with Crippen LogP contribution in [-0.4, -0.2) is 81.4 Å². The lowest BCUT2D eigenvalue weighted by molar-refractivity contribution is -0.147. The molecule has 3 heterocycles. The van der Waals surface area contributed by atoms with Crippen LogP contribution in [0.15, 0.2) is 53.3 Å². The Kier molecular flexibility index (Phi) is 8.24. The average Bonchev–Trinajstić information content (AvgIpc) is 3.64. The SMILES string of the molecule is C[C@H]1CN([C@@H](Cc2ccc3c(c2)CCC3)C(=O)O)CCN1C(=O)[C@@H]1CN(c2ccc(=O)n(C)n2)C[C@H]1c1ccc(F)cc1F. The van der Waals surface area contributed by atoms with Crippen molar-refractivity contribution in [1.82, 2.24) is 19.6 Å². The molecular weight excluding hydrogens is 568 g/mol. The number of halogens is 2. The molecule has 2 aromatic carbocycles. The Morgan fingerprint density at radius 3 is 2.52 bits per heavy atom. The van der Waals surface area contributed by atoms with E-state index >= 15 is 4.39 Å². The highest BCUT2D eigenvalue weighted by molar-refractivity contribution is 5.82. The topological polar surface area (TPSA) is 99.0 Å². The third kappa shape index (κ3) is 5.85. The Labute approximate surface area is 254 Å². The van der Waals surface area contributed by atoms with Gasteiger partial charge in [-0.25, -0.2) is 13.5 Å². The fraction of sp³-hybridized carbons (Fsp3) is 0.455. The first-order chi connectivity index (χ1) is 21.1. The number of aliphatic carboxylic acids is 1. The van der Waals surface area contributed by atoms with Crippen LogP contribution in [0.25, 0.3) is 0 Å². The van der Waals surface area contributed by atoms with Crippen LogP contribution < -0.4 is 10.5 Å². The number of aryl methyl sites for hydroxylation is 3. The lowest BCUT2D eigenvalue weighted by Crippen LogP contribution is -2.59. The third-order valence-electron chi connectivity index (χ3n) is 9.53. The molecule has 0 radical (unpaired) electrons. The monoisotopic (exact) mass is 605 g/mol. The van der Waals surface area contributed by atoms with Gasteiger partial charge in [0.2, 0.25) is 5.91 Å². The summed E-state index contributed by atoms with van der Waals surface area (Å²) in [5, 5.41) is 14.5. The summed E-state index contributed by atoms with van der Waals surface area (Å²) in [5.41, 5.74) is 3.64. The lowest BCUT2D eigenvalue weighted by atomic mass is 9.87. The number of amides is 1. The summed E-state index contributed by atoms with van der Waals surface area (Å²) >= 11 is 0. The van der Waals surface area contributed by atoms with Gasteiger partial charge in [-0.2, -0.15) is 5.10 Å². The van der Waals surface area contributed by atoms with Crippen molar-refractivity contribution in [3.63, 3.8) is 0 Å². The van der Waals surface area contributed by atoms with Gasteiger partial charge in [0.25, 0.3) is 5.56 Å². The zero-order valence-electron chi connectivity index (χ0n) is 25.0. The van der Waals surface area contributed by atoms with Crippen LogP contribution in [0.1, 0.15) is 41.5 Å². The molecule has 2 aliphatic heterocycles. The van der Waals surface area contributed by atoms with Crippen molar-refractivity contribution in [1.29, 1.82) is 0 Å². The molecule has 0 bridgehead atoms. The molecule has 1 N–H and O–H groups in total. The van der Waals surface area contributed by atoms with E-state index in [-0.39, 0.29) is 36.2 Å². The van der Waals surface area contributed by atoms with Crippen molar-refractivity contribution in [3.05, 3.63) is 92.8 Å². The van der Waals surface area contributed by atoms with Gasteiger partial charge in [-0.05, 0) is 67.0 Å². The molecule has 3 aromatic rings. The Bertz CT molecular complexity index is 1640. The van der Waals surface area contributed by atoms with Crippen molar-refractivity contribution in [2.75, 3.05) is 37.6 Å². The van der Waals surface area contributed by atoms with E-state index in [1.165, 1.54) is 41.1 Å². The van der Waals surface area contributed by atoms with Gasteiger partial charge in [-0.1, -0.05) is 24.3 Å². The number of carbonyl (C=O) groups excluding carboxylic acids is 1. The standard InChI is InChI=1S/C33H37F2N5O4/c1-20-17-38(29(33(43)44)15-21-6-7-22-4-3-5-23(22)14-21)12-13-40(20)32(42)27-19-39(30-10-11-31(41)37(2)36-30)18-26(27)25-9-8-24(34)16-28(25)35/h6-11,14,16,20,26-27,29H,3-5,12-13,15,17-19H2,1-2H3,(H,43,44)/t20-,26-,27+,29-/m0/s1. The molecule has 1 aliphatic carbocycles. The first-order valence-electron chi connectivity index (χ1n) is 15.2. The maximum atomic E-state index is 15.1. The summed E-state index contributed by atoms with van der Waals surface area (Å²) in [5.74, 6) is -3.19. The number of carbonyl (C=O) groups is 2. The summed E-state index contributed by atoms with van der Waals surface area (Å²) in [6.45, 7) is 3.54. The normalized spacial score (nSPS) is 22.7. The summed E-state index contributed by atoms with van der Waals surface area (Å²) in [6.07, 6.45) is 3.61. The van der Waals surface area contributed by atoms with Gasteiger partial charge in [-0.3, -0.25) is 19.3 Å². The molecule has 3 aliphatic rings. The zero-order valence-corrected chi connectivity index (χ0v) is 25.0. The van der Waals surface area contributed by atoms with E-state index in [0.717, 1.165) is 30.9 Å². The van der Waals surface area contributed by atoms with Crippen LogP contribution in [0.2, 0.25) is 0 Å². The van der Waals surface area contributed by atoms with Crippen LogP contribution in [0.5, 0.6) is 0 Å². The lowest BCUT2D eigenvalue weighted by Gasteiger charge is -2.43. The van der Waals surface area contributed by atoms with Gasteiger partial charge in [0.05, 0.1) is 5.92 Å². The molecule has 4 atom stereocenters. The Balaban J connectivity index is 1.20. The second-order valence-electron chi connectivity index (χ2n) is 12.3. The fourth-order valence-corrected chi connectivity index (χ4v) is 7.17. The van der Waals surface area contributed by atoms with Gasteiger partial charge in [0.15, 0.2) is 0 Å². The van der Waals surface area contributed by atoms with Gasteiger partial charge < -0.3 is 14.9 Å². The molecule has 2 fully saturated rings. The number of hydrogen-bond donors (Lipinski definition) is 1. The molecule has 0 unspecified atom stereocenters. The Hall–Kier alpha value is -4.12. The summed E-state index contributed by atoms with van der Waals surface area (Å²) in [7, 11) is 1.54. The second kappa shape index (κ2) is 12.1. The Morgan fingerprint density at radius 1 is 1.00 bits per heavy atom. The van der Waals surface area contributed by atoms with E-state index in [0.29, 0.717) is 31.9 Å². The third-order valence-corrected chi connectivity index (χ3v) is 9.53. The van der Waals surface area contributed by atoms with Crippen LogP contribution in [-0.2, 0) is 35.9 Å². The van der Waals surface area contributed by atoms with E-state index < -0.39 is 35.5 Å². The second-order valence-corrected chi connectivity index (χ2v) is 12.3. The highest BCUT2D eigenvalue weighted by Gasteiger charge is 2.44. The fourth-order valence-electron chi connectivity index (χ4n) is 7.17. The Morgan fingerprint density at radius 2 is 1.80 bits per heavy atom. The molecule has 11 heteroatoms. The molecule has 0 saturated carbocycles. The number of fused-ring (bicyclic) bond motifs is 1. The molecular formula is C33H37F2N5O4. The number of rotatable bonds is 7. The van der Waals surface area contributed by atoms with Crippen molar-refractivity contribution in [3.8, 4) is 0 Å². The van der Waals surface area contributed by atoms with Gasteiger partial charge >= 0.3 is 5.97 Å². The maximum Gasteiger partial charge on any atom is 0.321 e. The molecule has 6 rings (SSSR count). The van der Waals surface area contributed by atoms with Gasteiger partial charge in [0, 0.05) is 63.9 Å². The first-order valence-corrected chi connectivity index (χ1v) is 15.2. The smallest absolute Gasteiger partial charge is 0.321 e. The summed E-state index contributed by atoms with van der Waals surface area (Å²) in [6, 6.07) is 11.7. The highest BCUT2D eigenvalue weighted by atomic mass is 19.1. The minimum absolute atomic E-state index is 0.163. The minimum Gasteiger partial charge on any atom is -0.480 e. The molecule has 1 amide bonds. The minimum atomic E-state index is -0.888. The van der Waals surface area contributed by atoms with Gasteiger partial charge in [-0.15, -0.1) is 0 Å². The number of carboxylic acid groups (broad SMARTS) is 1. The number of piperazine rings is 1. The van der Waals surface area contributed by atoms with E-state index in [4.69, 9.17) is 0 Å². The molecule has 9 nitrogen and oxygen atoms in total. The predicted octanol–water partition coefficient (Wildman–Crippen LogP) is 3.00. The predicted molar refractivity (Wildman–Crippen MR) is 161 cm³/mol. The number of anilines is 1. The van der Waals surface area contributed by atoms with Crippen LogP contribution in [0.4, 0.5) is 14.6 Å². The zero-order chi connectivity index (χ0) is 31.1. The summed E-state index contributed by atoms with van der Waals surface area (Å²) < 4.78 is 30.1. The molecule has 0 spiro atoms. The van der Waals surface area contributed by atoms with E-state index in [2.05, 4.69) is 17.2 Å². The first kappa shape index (κ1) is 29.9. The average molecular weight is 606 g/mol. The summed E-state index contributed by atoms with van der Waals surface area (Å²) in [4.78, 5) is 44.1. The quantitative estimate of drug-likeness (QED) is 0.442. The molecule has 44 heavy (non-hydrogen) atoms. The van der Waals surface area contributed by atoms with Gasteiger partial charge in [0.1, 0.15) is 23.5 Å². The molecule has 232 valence electrons. The van der Waals surface area contributed by atoms with Crippen LogP contribution in [0.3, 0.4) is 0 Å². The molecule has 1 aromatic heterocycles. The van der Waals surface area contributed by atoms with Crippen LogP contribution in [0, 0.1) is 17.6 Å². The van der Waals surface area contributed by atoms with E-state index in [1.54, 1.807) is 11.0 Å². The van der Waals surface area contributed by atoms with Crippen molar-refractivity contribution in [2.24, 2.45) is 13.0 Å². The van der Waals surface area contributed by atoms with Crippen molar-refractivity contribution < 1.29 is 23.5 Å². The molecule has 2 saturated heterocycles. The largest absolute Gasteiger partial charge is 0.480 e. The highest BCUT2D eigenvalue weighted by Crippen LogP contribution is 2.38. The number of carboxylic acids is 1. The van der Waals surface area contributed by atoms with Crippen molar-refractivity contribution in [2.45, 2.75) is 50.6 Å². The van der Waals surface area contributed by atoms with Crippen LogP contribution >= 0.6 is 0 Å². The van der Waals surface area contributed by atoms with Crippen molar-refractivity contribution >= 4 is 17.7 Å². The number of benzene rings is 2. The number of nitrogens with zero attached hydrogens (tertiary/aromatic N) is 5. The van der Waals surface area contributed by atoms with E-state index in [1.807, 2.05) is 22.8 Å². The number of hydrogen-bond acceptors (Lipinski definition) is 6. The van der Waals surface area contributed by atoms with E-state index in [9.17, 15) is 23.9 Å².